The number of anilines is 1. The van der Waals surface area contributed by atoms with Crippen LogP contribution in [0.3, 0.4) is 0 Å². The third kappa shape index (κ3) is 3.71. The van der Waals surface area contributed by atoms with Gasteiger partial charge in [-0.1, -0.05) is 60.2 Å². The Labute approximate surface area is 186 Å². The molecule has 1 N–H and O–H groups in total. The average Bonchev–Trinajstić information content (AvgIpc) is 3.05. The Hall–Kier alpha value is -4.06. The van der Waals surface area contributed by atoms with Crippen LogP contribution in [0.1, 0.15) is 16.7 Å². The van der Waals surface area contributed by atoms with Gasteiger partial charge in [-0.25, -0.2) is 0 Å². The second kappa shape index (κ2) is 8.23. The number of hydrogen-bond acceptors (Lipinski definition) is 5. The standard InChI is InChI=1S/C26H22N2O4/c1-17-7-9-18(10-8-17)16-28-25(29)23(19-5-3-2-4-6-19)24(26(28)30)27-20-11-12-21-22(15-20)32-14-13-31-21/h2-12,15,27H,13-14,16H2,1H3. The predicted octanol–water partition coefficient (Wildman–Crippen LogP) is 4.16. The lowest BCUT2D eigenvalue weighted by molar-refractivity contribution is -0.137. The molecule has 0 saturated carbocycles. The molecule has 2 aliphatic heterocycles. The van der Waals surface area contributed by atoms with Crippen LogP contribution in [0.15, 0.2) is 78.5 Å². The first-order chi connectivity index (χ1) is 15.6. The Morgan fingerprint density at radius 2 is 1.56 bits per heavy atom. The molecule has 6 nitrogen and oxygen atoms in total. The Morgan fingerprint density at radius 3 is 2.31 bits per heavy atom. The van der Waals surface area contributed by atoms with Crippen LogP contribution in [-0.2, 0) is 16.1 Å². The zero-order valence-electron chi connectivity index (χ0n) is 17.6. The lowest BCUT2D eigenvalue weighted by Gasteiger charge is -2.19. The number of carbonyl (C=O) groups is 2. The van der Waals surface area contributed by atoms with Crippen LogP contribution in [0.2, 0.25) is 0 Å². The van der Waals surface area contributed by atoms with Crippen molar-refractivity contribution in [3.63, 3.8) is 0 Å². The fraction of sp³-hybridized carbons (Fsp3) is 0.154. The number of nitrogens with zero attached hydrogens (tertiary/aromatic N) is 1. The summed E-state index contributed by atoms with van der Waals surface area (Å²) < 4.78 is 11.2. The van der Waals surface area contributed by atoms with Crippen LogP contribution in [-0.4, -0.2) is 29.9 Å². The summed E-state index contributed by atoms with van der Waals surface area (Å²) in [7, 11) is 0. The van der Waals surface area contributed by atoms with Gasteiger partial charge >= 0.3 is 0 Å². The lowest BCUT2D eigenvalue weighted by atomic mass is 10.0. The highest BCUT2D eigenvalue weighted by Crippen LogP contribution is 2.35. The summed E-state index contributed by atoms with van der Waals surface area (Å²) in [6, 6.07) is 22.5. The van der Waals surface area contributed by atoms with Gasteiger partial charge in [-0.2, -0.15) is 0 Å². The molecule has 0 radical (unpaired) electrons. The zero-order valence-corrected chi connectivity index (χ0v) is 17.6. The van der Waals surface area contributed by atoms with Crippen molar-refractivity contribution in [3.05, 3.63) is 95.2 Å². The van der Waals surface area contributed by atoms with Gasteiger partial charge in [-0.05, 0) is 30.2 Å². The molecule has 0 unspecified atom stereocenters. The third-order valence-electron chi connectivity index (χ3n) is 5.50. The molecule has 3 aromatic carbocycles. The molecule has 0 fully saturated rings. The summed E-state index contributed by atoms with van der Waals surface area (Å²) in [4.78, 5) is 28.1. The highest BCUT2D eigenvalue weighted by Gasteiger charge is 2.39. The number of hydrogen-bond donors (Lipinski definition) is 1. The van der Waals surface area contributed by atoms with Gasteiger partial charge in [0.15, 0.2) is 11.5 Å². The SMILES string of the molecule is Cc1ccc(CN2C(=O)C(Nc3ccc4c(c3)OCCO4)=C(c3ccccc3)C2=O)cc1. The van der Waals surface area contributed by atoms with E-state index in [1.54, 1.807) is 12.1 Å². The van der Waals surface area contributed by atoms with Gasteiger partial charge in [0.1, 0.15) is 18.9 Å². The van der Waals surface area contributed by atoms with Crippen molar-refractivity contribution >= 4 is 23.1 Å². The van der Waals surface area contributed by atoms with Gasteiger partial charge in [-0.15, -0.1) is 0 Å². The normalized spacial score (nSPS) is 15.3. The highest BCUT2D eigenvalue weighted by atomic mass is 16.6. The molecule has 32 heavy (non-hydrogen) atoms. The van der Waals surface area contributed by atoms with Crippen LogP contribution in [0.4, 0.5) is 5.69 Å². The number of amides is 2. The van der Waals surface area contributed by atoms with Crippen molar-refractivity contribution in [1.82, 2.24) is 4.90 Å². The molecule has 2 aliphatic rings. The van der Waals surface area contributed by atoms with E-state index in [1.165, 1.54) is 4.90 Å². The lowest BCUT2D eigenvalue weighted by Crippen LogP contribution is -2.32. The first-order valence-corrected chi connectivity index (χ1v) is 10.5. The molecule has 160 valence electrons. The van der Waals surface area contributed by atoms with Crippen molar-refractivity contribution in [2.45, 2.75) is 13.5 Å². The summed E-state index contributed by atoms with van der Waals surface area (Å²) >= 11 is 0. The maximum atomic E-state index is 13.4. The smallest absolute Gasteiger partial charge is 0.278 e. The molecule has 0 atom stereocenters. The molecule has 2 amide bonds. The summed E-state index contributed by atoms with van der Waals surface area (Å²) in [5.41, 5.74) is 3.97. The number of aryl methyl sites for hydroxylation is 1. The van der Waals surface area contributed by atoms with E-state index in [-0.39, 0.29) is 24.1 Å². The van der Waals surface area contributed by atoms with Crippen LogP contribution < -0.4 is 14.8 Å². The van der Waals surface area contributed by atoms with Crippen LogP contribution in [0.25, 0.3) is 5.57 Å². The highest BCUT2D eigenvalue weighted by molar-refractivity contribution is 6.36. The van der Waals surface area contributed by atoms with Gasteiger partial charge in [0.2, 0.25) is 0 Å². The van der Waals surface area contributed by atoms with Crippen molar-refractivity contribution < 1.29 is 19.1 Å². The van der Waals surface area contributed by atoms with Crippen molar-refractivity contribution in [2.24, 2.45) is 0 Å². The van der Waals surface area contributed by atoms with E-state index in [1.807, 2.05) is 67.6 Å². The fourth-order valence-corrected chi connectivity index (χ4v) is 3.85. The van der Waals surface area contributed by atoms with Crippen LogP contribution >= 0.6 is 0 Å². The largest absolute Gasteiger partial charge is 0.486 e. The van der Waals surface area contributed by atoms with Gasteiger partial charge in [-0.3, -0.25) is 14.5 Å². The number of ether oxygens (including phenoxy) is 2. The van der Waals surface area contributed by atoms with Gasteiger partial charge in [0, 0.05) is 11.8 Å². The second-order valence-electron chi connectivity index (χ2n) is 7.78. The summed E-state index contributed by atoms with van der Waals surface area (Å²) in [5, 5.41) is 3.18. The maximum absolute atomic E-state index is 13.4. The van der Waals surface area contributed by atoms with E-state index >= 15 is 0 Å². The van der Waals surface area contributed by atoms with E-state index in [0.717, 1.165) is 11.1 Å². The van der Waals surface area contributed by atoms with Gasteiger partial charge < -0.3 is 14.8 Å². The second-order valence-corrected chi connectivity index (χ2v) is 7.78. The first kappa shape index (κ1) is 19.9. The molecule has 3 aromatic rings. The van der Waals surface area contributed by atoms with Crippen molar-refractivity contribution in [2.75, 3.05) is 18.5 Å². The minimum Gasteiger partial charge on any atom is -0.486 e. The van der Waals surface area contributed by atoms with E-state index < -0.39 is 0 Å². The number of rotatable bonds is 5. The fourth-order valence-electron chi connectivity index (χ4n) is 3.85. The maximum Gasteiger partial charge on any atom is 0.278 e. The van der Waals surface area contributed by atoms with Crippen LogP contribution in [0.5, 0.6) is 11.5 Å². The monoisotopic (exact) mass is 426 g/mol. The quantitative estimate of drug-likeness (QED) is 0.621. The molecular formula is C26H22N2O4. The Balaban J connectivity index is 1.50. The summed E-state index contributed by atoms with van der Waals surface area (Å²) in [6.07, 6.45) is 0. The molecule has 0 bridgehead atoms. The topological polar surface area (TPSA) is 67.9 Å². The molecule has 5 rings (SSSR count). The molecule has 2 heterocycles. The van der Waals surface area contributed by atoms with E-state index in [9.17, 15) is 9.59 Å². The Morgan fingerprint density at radius 1 is 0.844 bits per heavy atom. The summed E-state index contributed by atoms with van der Waals surface area (Å²) in [6.45, 7) is 3.18. The Bertz CT molecular complexity index is 1220. The van der Waals surface area contributed by atoms with Crippen LogP contribution in [0, 0.1) is 6.92 Å². The first-order valence-electron chi connectivity index (χ1n) is 10.5. The van der Waals surface area contributed by atoms with Crippen molar-refractivity contribution in [1.29, 1.82) is 0 Å². The van der Waals surface area contributed by atoms with Gasteiger partial charge in [0.05, 0.1) is 12.1 Å². The zero-order chi connectivity index (χ0) is 22.1. The number of imide groups is 1. The molecule has 0 aliphatic carbocycles. The number of benzene rings is 3. The molecule has 0 aromatic heterocycles. The van der Waals surface area contributed by atoms with E-state index in [2.05, 4.69) is 5.32 Å². The summed E-state index contributed by atoms with van der Waals surface area (Å²) in [5.74, 6) is 0.594. The minimum atomic E-state index is -0.357. The Kier molecular flexibility index (Phi) is 5.11. The molecule has 0 spiro atoms. The molecule has 0 saturated heterocycles. The number of nitrogens with one attached hydrogen (secondary N) is 1. The van der Waals surface area contributed by atoms with E-state index in [0.29, 0.717) is 41.5 Å². The number of carbonyl (C=O) groups excluding carboxylic acids is 2. The third-order valence-corrected chi connectivity index (χ3v) is 5.50. The predicted molar refractivity (Wildman–Crippen MR) is 121 cm³/mol. The van der Waals surface area contributed by atoms with Crippen molar-refractivity contribution in [3.8, 4) is 11.5 Å². The molecule has 6 heteroatoms. The minimum absolute atomic E-state index is 0.209. The van der Waals surface area contributed by atoms with Gasteiger partial charge in [0.25, 0.3) is 11.8 Å². The number of fused-ring (bicyclic) bond motifs is 1. The average molecular weight is 426 g/mol. The van der Waals surface area contributed by atoms with E-state index in [4.69, 9.17) is 9.47 Å². The molecular weight excluding hydrogens is 404 g/mol.